The molecule has 0 aromatic carbocycles. The SMILES string of the molecule is CCCC(CS)NC(=O)CCC(=O)O. The molecule has 0 aliphatic carbocycles. The Balaban J connectivity index is 3.72. The van der Waals surface area contributed by atoms with Gasteiger partial charge in [-0.15, -0.1) is 0 Å². The maximum absolute atomic E-state index is 11.2. The van der Waals surface area contributed by atoms with Crippen LogP contribution in [-0.4, -0.2) is 28.8 Å². The Hall–Kier alpha value is -0.710. The first kappa shape index (κ1) is 13.3. The Morgan fingerprint density at radius 2 is 2.07 bits per heavy atom. The lowest BCUT2D eigenvalue weighted by Gasteiger charge is -2.14. The molecule has 14 heavy (non-hydrogen) atoms. The van der Waals surface area contributed by atoms with E-state index < -0.39 is 5.97 Å². The zero-order chi connectivity index (χ0) is 11.0. The van der Waals surface area contributed by atoms with Crippen molar-refractivity contribution < 1.29 is 14.7 Å². The Morgan fingerprint density at radius 3 is 2.50 bits per heavy atom. The van der Waals surface area contributed by atoms with Gasteiger partial charge in [-0.1, -0.05) is 13.3 Å². The molecule has 0 aliphatic rings. The molecule has 82 valence electrons. The van der Waals surface area contributed by atoms with E-state index in [0.29, 0.717) is 5.75 Å². The monoisotopic (exact) mass is 219 g/mol. The van der Waals surface area contributed by atoms with E-state index in [1.807, 2.05) is 6.92 Å². The molecule has 1 unspecified atom stereocenters. The molecule has 0 fully saturated rings. The summed E-state index contributed by atoms with van der Waals surface area (Å²) in [5.41, 5.74) is 0. The van der Waals surface area contributed by atoms with Gasteiger partial charge >= 0.3 is 5.97 Å². The topological polar surface area (TPSA) is 66.4 Å². The molecule has 0 saturated heterocycles. The number of carbonyl (C=O) groups excluding carboxylic acids is 1. The van der Waals surface area contributed by atoms with Crippen LogP contribution in [0.4, 0.5) is 0 Å². The van der Waals surface area contributed by atoms with E-state index in [9.17, 15) is 9.59 Å². The second-order valence-electron chi connectivity index (χ2n) is 3.13. The fraction of sp³-hybridized carbons (Fsp3) is 0.778. The number of nitrogens with one attached hydrogen (secondary N) is 1. The summed E-state index contributed by atoms with van der Waals surface area (Å²) < 4.78 is 0. The van der Waals surface area contributed by atoms with Crippen LogP contribution in [-0.2, 0) is 9.59 Å². The number of aliphatic carboxylic acids is 1. The average Bonchev–Trinajstić information content (AvgIpc) is 2.14. The van der Waals surface area contributed by atoms with Crippen LogP contribution in [0.15, 0.2) is 0 Å². The number of carboxylic acid groups (broad SMARTS) is 1. The summed E-state index contributed by atoms with van der Waals surface area (Å²) in [4.78, 5) is 21.4. The van der Waals surface area contributed by atoms with Crippen molar-refractivity contribution >= 4 is 24.5 Å². The minimum absolute atomic E-state index is 0.0450. The van der Waals surface area contributed by atoms with Crippen molar-refractivity contribution in [1.82, 2.24) is 5.32 Å². The Kier molecular flexibility index (Phi) is 7.28. The number of hydrogen-bond acceptors (Lipinski definition) is 3. The fourth-order valence-electron chi connectivity index (χ4n) is 1.08. The molecule has 0 aromatic heterocycles. The summed E-state index contributed by atoms with van der Waals surface area (Å²) in [6.45, 7) is 2.03. The van der Waals surface area contributed by atoms with E-state index in [2.05, 4.69) is 17.9 Å². The first-order valence-electron chi connectivity index (χ1n) is 4.72. The van der Waals surface area contributed by atoms with Gasteiger partial charge in [0.25, 0.3) is 0 Å². The normalized spacial score (nSPS) is 12.1. The molecule has 0 rings (SSSR count). The minimum atomic E-state index is -0.946. The number of carboxylic acids is 1. The van der Waals surface area contributed by atoms with Crippen LogP contribution in [0.25, 0.3) is 0 Å². The number of rotatable bonds is 7. The molecule has 0 aromatic rings. The molecule has 2 N–H and O–H groups in total. The molecule has 4 nitrogen and oxygen atoms in total. The third kappa shape index (κ3) is 6.77. The van der Waals surface area contributed by atoms with Crippen LogP contribution in [0.2, 0.25) is 0 Å². The van der Waals surface area contributed by atoms with Gasteiger partial charge in [0.2, 0.25) is 5.91 Å². The fourth-order valence-corrected chi connectivity index (χ4v) is 1.35. The maximum atomic E-state index is 11.2. The molecule has 0 spiro atoms. The van der Waals surface area contributed by atoms with Gasteiger partial charge in [0.15, 0.2) is 0 Å². The van der Waals surface area contributed by atoms with Gasteiger partial charge in [0.05, 0.1) is 6.42 Å². The predicted molar refractivity (Wildman–Crippen MR) is 57.6 cm³/mol. The largest absolute Gasteiger partial charge is 0.481 e. The Bertz CT molecular complexity index is 196. The molecule has 5 heteroatoms. The van der Waals surface area contributed by atoms with Crippen molar-refractivity contribution in [2.75, 3.05) is 5.75 Å². The first-order valence-corrected chi connectivity index (χ1v) is 5.35. The second-order valence-corrected chi connectivity index (χ2v) is 3.49. The number of hydrogen-bond donors (Lipinski definition) is 3. The van der Waals surface area contributed by atoms with Gasteiger partial charge in [-0.05, 0) is 6.42 Å². The molecule has 0 aliphatic heterocycles. The van der Waals surface area contributed by atoms with E-state index in [1.54, 1.807) is 0 Å². The Morgan fingerprint density at radius 1 is 1.43 bits per heavy atom. The van der Waals surface area contributed by atoms with E-state index in [4.69, 9.17) is 5.11 Å². The van der Waals surface area contributed by atoms with E-state index >= 15 is 0 Å². The van der Waals surface area contributed by atoms with Gasteiger partial charge in [0, 0.05) is 18.2 Å². The molecular weight excluding hydrogens is 202 g/mol. The van der Waals surface area contributed by atoms with Crippen LogP contribution in [0.1, 0.15) is 32.6 Å². The molecule has 1 atom stereocenters. The van der Waals surface area contributed by atoms with E-state index in [-0.39, 0.29) is 24.8 Å². The van der Waals surface area contributed by atoms with Gasteiger partial charge < -0.3 is 10.4 Å². The molecule has 0 heterocycles. The number of carbonyl (C=O) groups is 2. The van der Waals surface area contributed by atoms with Crippen LogP contribution in [0.3, 0.4) is 0 Å². The lowest BCUT2D eigenvalue weighted by atomic mass is 10.2. The smallest absolute Gasteiger partial charge is 0.303 e. The lowest BCUT2D eigenvalue weighted by molar-refractivity contribution is -0.138. The van der Waals surface area contributed by atoms with E-state index in [0.717, 1.165) is 12.8 Å². The summed E-state index contributed by atoms with van der Waals surface area (Å²) in [7, 11) is 0. The highest BCUT2D eigenvalue weighted by Gasteiger charge is 2.10. The van der Waals surface area contributed by atoms with Crippen molar-refractivity contribution in [3.63, 3.8) is 0 Å². The molecule has 0 saturated carbocycles. The lowest BCUT2D eigenvalue weighted by Crippen LogP contribution is -2.36. The molecule has 0 bridgehead atoms. The van der Waals surface area contributed by atoms with Crippen molar-refractivity contribution in [2.45, 2.75) is 38.6 Å². The van der Waals surface area contributed by atoms with E-state index in [1.165, 1.54) is 0 Å². The van der Waals surface area contributed by atoms with Crippen LogP contribution >= 0.6 is 12.6 Å². The zero-order valence-corrected chi connectivity index (χ0v) is 9.22. The Labute approximate surface area is 89.5 Å². The third-order valence-electron chi connectivity index (χ3n) is 1.79. The van der Waals surface area contributed by atoms with Crippen LogP contribution < -0.4 is 5.32 Å². The average molecular weight is 219 g/mol. The van der Waals surface area contributed by atoms with Crippen molar-refractivity contribution in [3.8, 4) is 0 Å². The predicted octanol–water partition coefficient (Wildman–Crippen LogP) is 1.07. The summed E-state index contributed by atoms with van der Waals surface area (Å²) in [6.07, 6.45) is 1.79. The molecule has 1 amide bonds. The maximum Gasteiger partial charge on any atom is 0.303 e. The summed E-state index contributed by atoms with van der Waals surface area (Å²) in [6, 6.07) is 0.0598. The summed E-state index contributed by atoms with van der Waals surface area (Å²) in [5.74, 6) is -0.565. The number of thiol groups is 1. The van der Waals surface area contributed by atoms with Crippen LogP contribution in [0, 0.1) is 0 Å². The second kappa shape index (κ2) is 7.67. The van der Waals surface area contributed by atoms with Crippen LogP contribution in [0.5, 0.6) is 0 Å². The summed E-state index contributed by atoms with van der Waals surface area (Å²) >= 11 is 4.10. The zero-order valence-electron chi connectivity index (χ0n) is 8.32. The number of amides is 1. The van der Waals surface area contributed by atoms with Crippen molar-refractivity contribution in [3.05, 3.63) is 0 Å². The molecule has 0 radical (unpaired) electrons. The standard InChI is InChI=1S/C9H17NO3S/c1-2-3-7(6-14)10-8(11)4-5-9(12)13/h7,14H,2-6H2,1H3,(H,10,11)(H,12,13). The highest BCUT2D eigenvalue weighted by atomic mass is 32.1. The molecular formula is C9H17NO3S. The van der Waals surface area contributed by atoms with Gasteiger partial charge in [-0.25, -0.2) is 0 Å². The van der Waals surface area contributed by atoms with Crippen molar-refractivity contribution in [2.24, 2.45) is 0 Å². The van der Waals surface area contributed by atoms with Gasteiger partial charge in [0.1, 0.15) is 0 Å². The van der Waals surface area contributed by atoms with Gasteiger partial charge in [-0.3, -0.25) is 9.59 Å². The highest BCUT2D eigenvalue weighted by Crippen LogP contribution is 2.00. The first-order chi connectivity index (χ1) is 6.60. The van der Waals surface area contributed by atoms with Crippen molar-refractivity contribution in [1.29, 1.82) is 0 Å². The van der Waals surface area contributed by atoms with Gasteiger partial charge in [-0.2, -0.15) is 12.6 Å². The summed E-state index contributed by atoms with van der Waals surface area (Å²) in [5, 5.41) is 11.1. The minimum Gasteiger partial charge on any atom is -0.481 e. The quantitative estimate of drug-likeness (QED) is 0.561. The third-order valence-corrected chi connectivity index (χ3v) is 2.23. The highest BCUT2D eigenvalue weighted by molar-refractivity contribution is 7.80.